The topological polar surface area (TPSA) is 71.2 Å². The quantitative estimate of drug-likeness (QED) is 0.669. The van der Waals surface area contributed by atoms with Gasteiger partial charge in [0.25, 0.3) is 0 Å². The predicted molar refractivity (Wildman–Crippen MR) is 85.3 cm³/mol. The second-order valence-electron chi connectivity index (χ2n) is 5.31. The Balaban J connectivity index is 1.78. The second-order valence-corrected chi connectivity index (χ2v) is 5.31. The van der Waals surface area contributed by atoms with Gasteiger partial charge < -0.3 is 25.1 Å². The molecule has 0 bridgehead atoms. The van der Waals surface area contributed by atoms with Crippen LogP contribution in [0.4, 0.5) is 30.4 Å². The van der Waals surface area contributed by atoms with Crippen LogP contribution in [0.1, 0.15) is 5.56 Å². The number of benzene rings is 1. The van der Waals surface area contributed by atoms with Crippen LogP contribution in [-0.2, 0) is 6.18 Å². The largest absolute Gasteiger partial charge is 0.453 e. The molecular weight excluding hydrogens is 337 g/mol. The molecule has 0 unspecified atom stereocenters. The number of H-pyrrole nitrogens is 1. The fourth-order valence-corrected chi connectivity index (χ4v) is 2.72. The van der Waals surface area contributed by atoms with Crippen molar-refractivity contribution in [3.8, 4) is 11.5 Å². The van der Waals surface area contributed by atoms with Crippen LogP contribution in [0.2, 0.25) is 0 Å². The van der Waals surface area contributed by atoms with E-state index < -0.39 is 11.7 Å². The summed E-state index contributed by atoms with van der Waals surface area (Å²) in [5, 5.41) is 5.82. The summed E-state index contributed by atoms with van der Waals surface area (Å²) in [7, 11) is 1.55. The molecule has 0 saturated heterocycles. The molecule has 1 radical (unpaired) electrons. The first kappa shape index (κ1) is 15.4. The number of anilines is 3. The van der Waals surface area contributed by atoms with Crippen LogP contribution in [0.5, 0.6) is 11.5 Å². The Morgan fingerprint density at radius 2 is 2.12 bits per heavy atom. The van der Waals surface area contributed by atoms with Crippen molar-refractivity contribution in [1.82, 2.24) is 9.97 Å². The van der Waals surface area contributed by atoms with Crippen LogP contribution in [0.25, 0.3) is 11.0 Å². The van der Waals surface area contributed by atoms with E-state index >= 15 is 0 Å². The lowest BCUT2D eigenvalue weighted by Crippen LogP contribution is -2.05. The number of aromatic nitrogens is 2. The van der Waals surface area contributed by atoms with Crippen molar-refractivity contribution in [3.05, 3.63) is 36.0 Å². The van der Waals surface area contributed by atoms with Gasteiger partial charge in [0.2, 0.25) is 6.79 Å². The average molecular weight is 349 g/mol. The van der Waals surface area contributed by atoms with Gasteiger partial charge >= 0.3 is 6.18 Å². The molecule has 1 aliphatic heterocycles. The van der Waals surface area contributed by atoms with Crippen LogP contribution in [0.3, 0.4) is 0 Å². The normalized spacial score (nSPS) is 13.3. The van der Waals surface area contributed by atoms with E-state index in [1.54, 1.807) is 19.2 Å². The lowest BCUT2D eigenvalue weighted by Gasteiger charge is -2.12. The maximum absolute atomic E-state index is 13.1. The zero-order valence-electron chi connectivity index (χ0n) is 12.9. The predicted octanol–water partition coefficient (Wildman–Crippen LogP) is 3.90. The van der Waals surface area contributed by atoms with Gasteiger partial charge in [0.1, 0.15) is 11.5 Å². The maximum atomic E-state index is 13.1. The molecule has 0 amide bonds. The van der Waals surface area contributed by atoms with Gasteiger partial charge in [-0.3, -0.25) is 0 Å². The van der Waals surface area contributed by atoms with Crippen molar-refractivity contribution in [2.45, 2.75) is 6.18 Å². The number of alkyl halides is 3. The third-order valence-electron chi connectivity index (χ3n) is 3.80. The van der Waals surface area contributed by atoms with Crippen LogP contribution in [0.15, 0.2) is 24.4 Å². The zero-order chi connectivity index (χ0) is 17.6. The van der Waals surface area contributed by atoms with Crippen LogP contribution in [-0.4, -0.2) is 23.8 Å². The fraction of sp³-hybridized carbons (Fsp3) is 0.188. The highest BCUT2D eigenvalue weighted by atomic mass is 19.4. The maximum Gasteiger partial charge on any atom is 0.418 e. The van der Waals surface area contributed by atoms with Crippen molar-refractivity contribution in [2.75, 3.05) is 24.5 Å². The molecule has 6 nitrogen and oxygen atoms in total. The lowest BCUT2D eigenvalue weighted by molar-refractivity contribution is -0.136. The Hall–Kier alpha value is -3.10. The molecule has 9 heteroatoms. The van der Waals surface area contributed by atoms with Crippen LogP contribution >= 0.6 is 0 Å². The number of nitrogens with zero attached hydrogens (tertiary/aromatic N) is 1. The van der Waals surface area contributed by atoms with E-state index in [0.717, 1.165) is 6.20 Å². The van der Waals surface area contributed by atoms with E-state index in [2.05, 4.69) is 26.7 Å². The summed E-state index contributed by atoms with van der Waals surface area (Å²) in [6.07, 6.45) is -3.56. The summed E-state index contributed by atoms with van der Waals surface area (Å²) in [6, 6.07) is 7.77. The number of pyridine rings is 1. The summed E-state index contributed by atoms with van der Waals surface area (Å²) in [4.78, 5) is 6.80. The Morgan fingerprint density at radius 1 is 1.28 bits per heavy atom. The molecule has 3 aromatic rings. The highest BCUT2D eigenvalue weighted by molar-refractivity contribution is 5.95. The molecular formula is C16H12F3N4O2. The van der Waals surface area contributed by atoms with Crippen molar-refractivity contribution in [3.63, 3.8) is 0 Å². The number of fused-ring (bicyclic) bond motifs is 2. The highest BCUT2D eigenvalue weighted by Gasteiger charge is 2.35. The van der Waals surface area contributed by atoms with Gasteiger partial charge in [-0.1, -0.05) is 0 Å². The van der Waals surface area contributed by atoms with Gasteiger partial charge in [0, 0.05) is 31.1 Å². The molecule has 4 rings (SSSR count). The van der Waals surface area contributed by atoms with Gasteiger partial charge in [-0.25, -0.2) is 4.98 Å². The number of aromatic amines is 1. The SMILES string of the molecule is CNc1cc(Nc2cc[c]c3c2OCO3)nc2[nH]cc(C(F)(F)F)c12. The van der Waals surface area contributed by atoms with Crippen LogP contribution < -0.4 is 20.1 Å². The summed E-state index contributed by atoms with van der Waals surface area (Å²) in [5.41, 5.74) is 0.246. The first-order valence-corrected chi connectivity index (χ1v) is 7.32. The molecule has 0 atom stereocenters. The molecule has 3 heterocycles. The van der Waals surface area contributed by atoms with E-state index in [1.165, 1.54) is 6.07 Å². The summed E-state index contributed by atoms with van der Waals surface area (Å²) >= 11 is 0. The Morgan fingerprint density at radius 3 is 2.88 bits per heavy atom. The van der Waals surface area contributed by atoms with Gasteiger partial charge in [-0.2, -0.15) is 13.2 Å². The molecule has 0 saturated carbocycles. The third-order valence-corrected chi connectivity index (χ3v) is 3.80. The molecule has 2 aromatic heterocycles. The number of hydrogen-bond donors (Lipinski definition) is 3. The summed E-state index contributed by atoms with van der Waals surface area (Å²) < 4.78 is 50.0. The number of halogens is 3. The van der Waals surface area contributed by atoms with Crippen molar-refractivity contribution in [1.29, 1.82) is 0 Å². The number of ether oxygens (including phenoxy) is 2. The number of nitrogens with one attached hydrogen (secondary N) is 3. The van der Waals surface area contributed by atoms with Crippen LogP contribution in [0, 0.1) is 6.07 Å². The second kappa shape index (κ2) is 5.47. The van der Waals surface area contributed by atoms with Crippen molar-refractivity contribution >= 4 is 28.2 Å². The lowest BCUT2D eigenvalue weighted by atomic mass is 10.1. The molecule has 129 valence electrons. The van der Waals surface area contributed by atoms with Crippen molar-refractivity contribution < 1.29 is 22.6 Å². The van der Waals surface area contributed by atoms with Crippen molar-refractivity contribution in [2.24, 2.45) is 0 Å². The third kappa shape index (κ3) is 2.57. The monoisotopic (exact) mass is 349 g/mol. The highest BCUT2D eigenvalue weighted by Crippen LogP contribution is 2.41. The minimum Gasteiger partial charge on any atom is -0.453 e. The summed E-state index contributed by atoms with van der Waals surface area (Å²) in [5.74, 6) is 1.31. The molecule has 1 aliphatic rings. The smallest absolute Gasteiger partial charge is 0.418 e. The number of hydrogen-bond acceptors (Lipinski definition) is 5. The fourth-order valence-electron chi connectivity index (χ4n) is 2.72. The Bertz CT molecular complexity index is 952. The van der Waals surface area contributed by atoms with Gasteiger partial charge in [0.05, 0.1) is 16.6 Å². The molecule has 3 N–H and O–H groups in total. The van der Waals surface area contributed by atoms with E-state index in [0.29, 0.717) is 28.7 Å². The molecule has 0 spiro atoms. The summed E-state index contributed by atoms with van der Waals surface area (Å²) in [6.45, 7) is 0.0876. The standard InChI is InChI=1S/C16H12F3N4O2/c1-20-10-5-12(22-9-3-2-4-11-14(9)25-7-24-11)23-15-13(10)8(6-21-15)16(17,18)19/h2-3,5-6H,7H2,1H3,(H3,20,21,22,23). The minimum absolute atomic E-state index is 0.00763. The molecule has 25 heavy (non-hydrogen) atoms. The average Bonchev–Trinajstić information content (AvgIpc) is 3.20. The first-order chi connectivity index (χ1) is 12.0. The first-order valence-electron chi connectivity index (χ1n) is 7.32. The van der Waals surface area contributed by atoms with Gasteiger partial charge in [-0.15, -0.1) is 0 Å². The molecule has 1 aromatic carbocycles. The van der Waals surface area contributed by atoms with E-state index in [1.807, 2.05) is 0 Å². The van der Waals surface area contributed by atoms with E-state index in [4.69, 9.17) is 9.47 Å². The minimum atomic E-state index is -4.47. The van der Waals surface area contributed by atoms with E-state index in [-0.39, 0.29) is 17.8 Å². The zero-order valence-corrected chi connectivity index (χ0v) is 12.9. The Labute approximate surface area is 140 Å². The van der Waals surface area contributed by atoms with Gasteiger partial charge in [-0.05, 0) is 12.1 Å². The molecule has 0 aliphatic carbocycles. The Kier molecular flexibility index (Phi) is 3.38. The molecule has 0 fully saturated rings. The van der Waals surface area contributed by atoms with Gasteiger partial charge in [0.15, 0.2) is 11.5 Å². The van der Waals surface area contributed by atoms with E-state index in [9.17, 15) is 13.2 Å². The number of rotatable bonds is 3.